The van der Waals surface area contributed by atoms with Gasteiger partial charge in [0.2, 0.25) is 0 Å². The van der Waals surface area contributed by atoms with Gasteiger partial charge in [-0.25, -0.2) is 0 Å². The highest BCUT2D eigenvalue weighted by Gasteiger charge is 2.18. The Morgan fingerprint density at radius 3 is 3.00 bits per heavy atom. The van der Waals surface area contributed by atoms with Gasteiger partial charge in [0.05, 0.1) is 11.2 Å². The molecule has 2 N–H and O–H groups in total. The zero-order chi connectivity index (χ0) is 9.26. The third-order valence-electron chi connectivity index (χ3n) is 1.48. The summed E-state index contributed by atoms with van der Waals surface area (Å²) in [5.41, 5.74) is 5.48. The molecule has 1 aliphatic heterocycles. The van der Waals surface area contributed by atoms with Crippen LogP contribution in [0.2, 0.25) is 0 Å². The number of rotatable bonds is 1. The molecule has 1 amide bonds. The number of carbonyl (C=O) groups excluding carboxylic acids is 1. The first-order valence-electron chi connectivity index (χ1n) is 3.57. The van der Waals surface area contributed by atoms with E-state index in [4.69, 9.17) is 10.2 Å². The summed E-state index contributed by atoms with van der Waals surface area (Å²) in [6.45, 7) is 0. The molecule has 0 aliphatic carbocycles. The van der Waals surface area contributed by atoms with Gasteiger partial charge in [0.25, 0.3) is 0 Å². The molecule has 2 rings (SSSR count). The minimum atomic E-state index is -0.282. The van der Waals surface area contributed by atoms with Gasteiger partial charge in [-0.2, -0.15) is 4.99 Å². The molecule has 0 bridgehead atoms. The highest BCUT2D eigenvalue weighted by atomic mass is 32.2. The lowest BCUT2D eigenvalue weighted by Gasteiger charge is -1.91. The first kappa shape index (κ1) is 8.12. The maximum absolute atomic E-state index is 10.8. The number of aliphatic imine (C=N–C) groups is 1. The lowest BCUT2D eigenvalue weighted by molar-refractivity contribution is 0.268. The summed E-state index contributed by atoms with van der Waals surface area (Å²) in [6.07, 6.45) is 3.25. The van der Waals surface area contributed by atoms with Gasteiger partial charge in [0.1, 0.15) is 11.6 Å². The molecule has 2 heterocycles. The van der Waals surface area contributed by atoms with Crippen LogP contribution >= 0.6 is 11.8 Å². The van der Waals surface area contributed by atoms with Crippen LogP contribution in [0.4, 0.5) is 4.79 Å². The molecule has 4 nitrogen and oxygen atoms in total. The Labute approximate surface area is 78.5 Å². The first-order valence-corrected chi connectivity index (χ1v) is 4.39. The zero-order valence-corrected chi connectivity index (χ0v) is 7.38. The Balaban J connectivity index is 2.29. The van der Waals surface area contributed by atoms with E-state index < -0.39 is 0 Å². The molecule has 1 aliphatic rings. The Morgan fingerprint density at radius 2 is 2.46 bits per heavy atom. The smallest absolute Gasteiger partial charge is 0.311 e. The summed E-state index contributed by atoms with van der Waals surface area (Å²) in [6, 6.07) is 3.55. The molecule has 0 atom stereocenters. The average Bonchev–Trinajstić information content (AvgIpc) is 2.63. The van der Waals surface area contributed by atoms with Crippen molar-refractivity contribution in [1.29, 1.82) is 0 Å². The Bertz CT molecular complexity index is 392. The van der Waals surface area contributed by atoms with Gasteiger partial charge < -0.3 is 10.2 Å². The first-order chi connectivity index (χ1) is 6.25. The highest BCUT2D eigenvalue weighted by Crippen LogP contribution is 2.27. The second-order valence-electron chi connectivity index (χ2n) is 2.39. The van der Waals surface area contributed by atoms with E-state index >= 15 is 0 Å². The molecule has 0 unspecified atom stereocenters. The Kier molecular flexibility index (Phi) is 1.94. The topological polar surface area (TPSA) is 68.6 Å². The number of nitrogens with two attached hydrogens (primary N) is 1. The standard InChI is InChI=1S/C8H6N2O2S/c9-7-6(13-8(11)10-7)4-5-2-1-3-12-5/h1-4H,(H2,9,10,11). The molecular weight excluding hydrogens is 188 g/mol. The highest BCUT2D eigenvalue weighted by molar-refractivity contribution is 8.18. The second-order valence-corrected chi connectivity index (χ2v) is 3.38. The summed E-state index contributed by atoms with van der Waals surface area (Å²) >= 11 is 1.01. The van der Waals surface area contributed by atoms with Crippen LogP contribution in [-0.2, 0) is 0 Å². The fraction of sp³-hybridized carbons (Fsp3) is 0. The van der Waals surface area contributed by atoms with E-state index in [2.05, 4.69) is 4.99 Å². The van der Waals surface area contributed by atoms with Crippen molar-refractivity contribution in [1.82, 2.24) is 0 Å². The normalized spacial score (nSPS) is 19.5. The van der Waals surface area contributed by atoms with E-state index in [1.807, 2.05) is 0 Å². The molecule has 0 saturated carbocycles. The maximum atomic E-state index is 10.8. The van der Waals surface area contributed by atoms with Crippen molar-refractivity contribution >= 4 is 28.9 Å². The van der Waals surface area contributed by atoms with E-state index in [1.165, 1.54) is 0 Å². The van der Waals surface area contributed by atoms with Crippen LogP contribution in [0.3, 0.4) is 0 Å². The molecule has 13 heavy (non-hydrogen) atoms. The SMILES string of the molecule is NC1=NC(=O)SC1=Cc1ccco1. The predicted octanol–water partition coefficient (Wildman–Crippen LogP) is 1.84. The number of hydrogen-bond acceptors (Lipinski definition) is 4. The van der Waals surface area contributed by atoms with Crippen molar-refractivity contribution in [3.63, 3.8) is 0 Å². The number of carbonyl (C=O) groups is 1. The van der Waals surface area contributed by atoms with Crippen molar-refractivity contribution in [2.24, 2.45) is 10.7 Å². The summed E-state index contributed by atoms with van der Waals surface area (Å²) < 4.78 is 5.07. The van der Waals surface area contributed by atoms with Crippen molar-refractivity contribution in [2.45, 2.75) is 0 Å². The van der Waals surface area contributed by atoms with E-state index in [1.54, 1.807) is 24.5 Å². The summed E-state index contributed by atoms with van der Waals surface area (Å²) in [5, 5.41) is -0.282. The third-order valence-corrected chi connectivity index (χ3v) is 2.29. The monoisotopic (exact) mass is 194 g/mol. The van der Waals surface area contributed by atoms with Crippen LogP contribution in [0.5, 0.6) is 0 Å². The fourth-order valence-electron chi connectivity index (χ4n) is 0.929. The largest absolute Gasteiger partial charge is 0.465 e. The van der Waals surface area contributed by atoms with Gasteiger partial charge in [-0.3, -0.25) is 4.79 Å². The van der Waals surface area contributed by atoms with E-state index in [-0.39, 0.29) is 11.1 Å². The number of furan rings is 1. The van der Waals surface area contributed by atoms with Gasteiger partial charge in [-0.15, -0.1) is 0 Å². The summed E-state index contributed by atoms with van der Waals surface area (Å²) in [4.78, 5) is 15.0. The van der Waals surface area contributed by atoms with Gasteiger partial charge >= 0.3 is 5.24 Å². The molecular formula is C8H6N2O2S. The summed E-state index contributed by atoms with van der Waals surface area (Å²) in [5.74, 6) is 0.918. The van der Waals surface area contributed by atoms with Crippen LogP contribution in [0, 0.1) is 0 Å². The van der Waals surface area contributed by atoms with Gasteiger partial charge in [-0.1, -0.05) is 0 Å². The molecule has 1 aromatic rings. The number of amidine groups is 1. The average molecular weight is 194 g/mol. The zero-order valence-electron chi connectivity index (χ0n) is 6.56. The minimum Gasteiger partial charge on any atom is -0.465 e. The molecule has 0 fully saturated rings. The van der Waals surface area contributed by atoms with E-state index in [0.717, 1.165) is 11.8 Å². The Hall–Kier alpha value is -1.49. The number of nitrogens with zero attached hydrogens (tertiary/aromatic N) is 1. The molecule has 0 aromatic carbocycles. The third kappa shape index (κ3) is 1.65. The van der Waals surface area contributed by atoms with Crippen molar-refractivity contribution in [3.05, 3.63) is 29.1 Å². The number of thioether (sulfide) groups is 1. The molecule has 0 radical (unpaired) electrons. The molecule has 1 aromatic heterocycles. The number of amides is 1. The van der Waals surface area contributed by atoms with Crippen molar-refractivity contribution in [3.8, 4) is 0 Å². The van der Waals surface area contributed by atoms with Crippen molar-refractivity contribution in [2.75, 3.05) is 0 Å². The number of hydrogen-bond donors (Lipinski definition) is 1. The quantitative estimate of drug-likeness (QED) is 0.740. The van der Waals surface area contributed by atoms with Crippen LogP contribution in [0.15, 0.2) is 32.7 Å². The lowest BCUT2D eigenvalue weighted by atomic mass is 10.4. The fourth-order valence-corrected chi connectivity index (χ4v) is 1.59. The molecule has 0 spiro atoms. The summed E-state index contributed by atoms with van der Waals surface area (Å²) in [7, 11) is 0. The predicted molar refractivity (Wildman–Crippen MR) is 51.3 cm³/mol. The van der Waals surface area contributed by atoms with Crippen LogP contribution in [-0.4, -0.2) is 11.1 Å². The molecule has 5 heteroatoms. The van der Waals surface area contributed by atoms with Crippen LogP contribution < -0.4 is 5.73 Å². The maximum Gasteiger partial charge on any atom is 0.311 e. The van der Waals surface area contributed by atoms with Crippen LogP contribution in [0.25, 0.3) is 6.08 Å². The molecule has 66 valence electrons. The van der Waals surface area contributed by atoms with Gasteiger partial charge in [0.15, 0.2) is 0 Å². The van der Waals surface area contributed by atoms with Crippen molar-refractivity contribution < 1.29 is 9.21 Å². The van der Waals surface area contributed by atoms with Crippen LogP contribution in [0.1, 0.15) is 5.76 Å². The minimum absolute atomic E-state index is 0.256. The second kappa shape index (κ2) is 3.10. The molecule has 0 saturated heterocycles. The Morgan fingerprint density at radius 1 is 1.62 bits per heavy atom. The van der Waals surface area contributed by atoms with Gasteiger partial charge in [0, 0.05) is 0 Å². The van der Waals surface area contributed by atoms with Gasteiger partial charge in [-0.05, 0) is 30.0 Å². The lowest BCUT2D eigenvalue weighted by Crippen LogP contribution is -2.08. The van der Waals surface area contributed by atoms with E-state index in [9.17, 15) is 4.79 Å². The van der Waals surface area contributed by atoms with E-state index in [0.29, 0.717) is 10.7 Å².